The summed E-state index contributed by atoms with van der Waals surface area (Å²) in [5.41, 5.74) is 0.462. The number of aromatic nitrogens is 4. The average Bonchev–Trinajstić information content (AvgIpc) is 2.98. The number of fused-ring (bicyclic) bond motifs is 3. The number of nitrogens with one attached hydrogen (secondary N) is 1. The van der Waals surface area contributed by atoms with Crippen molar-refractivity contribution in [3.63, 3.8) is 0 Å². The Morgan fingerprint density at radius 2 is 2.12 bits per heavy atom. The monoisotopic (exact) mass is 379 g/mol. The Bertz CT molecular complexity index is 1010. The van der Waals surface area contributed by atoms with Gasteiger partial charge in [-0.25, -0.2) is 0 Å². The van der Waals surface area contributed by atoms with Crippen LogP contribution in [0.25, 0.3) is 16.7 Å². The van der Waals surface area contributed by atoms with Crippen LogP contribution in [0.2, 0.25) is 5.02 Å². The number of hydrogen-bond acceptors (Lipinski definition) is 5. The van der Waals surface area contributed by atoms with Crippen molar-refractivity contribution in [2.24, 2.45) is 0 Å². The van der Waals surface area contributed by atoms with Crippen LogP contribution >= 0.6 is 23.4 Å². The van der Waals surface area contributed by atoms with Crippen molar-refractivity contribution in [3.05, 3.63) is 33.6 Å². The molecule has 2 aromatic heterocycles. The van der Waals surface area contributed by atoms with Gasteiger partial charge in [0.1, 0.15) is 0 Å². The lowest BCUT2D eigenvalue weighted by Crippen LogP contribution is -2.32. The molecule has 0 unspecified atom stereocenters. The van der Waals surface area contributed by atoms with Crippen LogP contribution in [0.4, 0.5) is 0 Å². The molecule has 25 heavy (non-hydrogen) atoms. The van der Waals surface area contributed by atoms with E-state index in [4.69, 9.17) is 11.6 Å². The number of hydrogen-bond donors (Lipinski definition) is 1. The summed E-state index contributed by atoms with van der Waals surface area (Å²) in [6.45, 7) is 4.00. The maximum absolute atomic E-state index is 12.9. The summed E-state index contributed by atoms with van der Waals surface area (Å²) in [6, 6.07) is 5.20. The Hall–Kier alpha value is -2.06. The fraction of sp³-hybridized carbons (Fsp3) is 0.375. The van der Waals surface area contributed by atoms with Crippen LogP contribution in [0.5, 0.6) is 0 Å². The first-order chi connectivity index (χ1) is 11.9. The molecule has 2 heterocycles. The second-order valence-electron chi connectivity index (χ2n) is 5.91. The Labute approximate surface area is 153 Å². The van der Waals surface area contributed by atoms with E-state index in [2.05, 4.69) is 15.5 Å². The van der Waals surface area contributed by atoms with Crippen LogP contribution in [-0.4, -0.2) is 37.4 Å². The van der Waals surface area contributed by atoms with Gasteiger partial charge >= 0.3 is 0 Å². The van der Waals surface area contributed by atoms with Crippen molar-refractivity contribution in [3.8, 4) is 0 Å². The topological polar surface area (TPSA) is 81.3 Å². The summed E-state index contributed by atoms with van der Waals surface area (Å²) in [6.07, 6.45) is 2.07. The number of nitrogens with zero attached hydrogens (tertiary/aromatic N) is 4. The number of carbonyl (C=O) groups excluding carboxylic acids is 1. The van der Waals surface area contributed by atoms with E-state index in [1.165, 1.54) is 16.3 Å². The first kappa shape index (κ1) is 17.8. The van der Waals surface area contributed by atoms with Crippen molar-refractivity contribution >= 4 is 46.0 Å². The summed E-state index contributed by atoms with van der Waals surface area (Å²) < 4.78 is 3.30. The smallest absolute Gasteiger partial charge is 0.262 e. The zero-order valence-electron chi connectivity index (χ0n) is 14.1. The molecule has 0 fully saturated rings. The van der Waals surface area contributed by atoms with E-state index < -0.39 is 0 Å². The van der Waals surface area contributed by atoms with Crippen LogP contribution in [0.3, 0.4) is 0 Å². The second-order valence-corrected chi connectivity index (χ2v) is 7.12. The van der Waals surface area contributed by atoms with E-state index in [9.17, 15) is 9.59 Å². The minimum atomic E-state index is -0.234. The molecule has 7 nitrogen and oxygen atoms in total. The number of carbonyl (C=O) groups is 1. The zero-order chi connectivity index (χ0) is 18.1. The molecule has 0 aliphatic heterocycles. The SMILES string of the molecule is CSc1nnc2n(CCC(=O)NC(C)C)c(=O)c3cc(Cl)ccc3n12. The van der Waals surface area contributed by atoms with Gasteiger partial charge in [-0.3, -0.25) is 18.6 Å². The molecular weight excluding hydrogens is 362 g/mol. The molecule has 0 saturated carbocycles. The maximum Gasteiger partial charge on any atom is 0.262 e. The summed E-state index contributed by atoms with van der Waals surface area (Å²) in [5.74, 6) is 0.303. The minimum absolute atomic E-state index is 0.0517. The molecule has 0 atom stereocenters. The van der Waals surface area contributed by atoms with E-state index in [-0.39, 0.29) is 30.5 Å². The molecular formula is C16H18ClN5O2S. The van der Waals surface area contributed by atoms with Crippen LogP contribution in [0.15, 0.2) is 28.2 Å². The quantitative estimate of drug-likeness (QED) is 0.688. The van der Waals surface area contributed by atoms with E-state index in [1.54, 1.807) is 18.2 Å². The number of thioether (sulfide) groups is 1. The van der Waals surface area contributed by atoms with Crippen molar-refractivity contribution in [2.45, 2.75) is 38.0 Å². The van der Waals surface area contributed by atoms with Gasteiger partial charge in [-0.05, 0) is 38.3 Å². The molecule has 9 heteroatoms. The molecule has 1 aromatic carbocycles. The predicted octanol–water partition coefficient (Wildman–Crippen LogP) is 2.33. The van der Waals surface area contributed by atoms with Gasteiger partial charge in [-0.2, -0.15) is 0 Å². The van der Waals surface area contributed by atoms with E-state index in [1.807, 2.05) is 24.5 Å². The van der Waals surface area contributed by atoms with Gasteiger partial charge in [0.05, 0.1) is 10.9 Å². The normalized spacial score (nSPS) is 11.6. The van der Waals surface area contributed by atoms with Crippen molar-refractivity contribution in [1.82, 2.24) is 24.5 Å². The molecule has 0 bridgehead atoms. The molecule has 132 valence electrons. The zero-order valence-corrected chi connectivity index (χ0v) is 15.7. The minimum Gasteiger partial charge on any atom is -0.354 e. The highest BCUT2D eigenvalue weighted by atomic mass is 35.5. The van der Waals surface area contributed by atoms with Gasteiger partial charge in [0.15, 0.2) is 5.16 Å². The Balaban J connectivity index is 2.16. The predicted molar refractivity (Wildman–Crippen MR) is 99.4 cm³/mol. The number of halogens is 1. The lowest BCUT2D eigenvalue weighted by atomic mass is 10.2. The lowest BCUT2D eigenvalue weighted by Gasteiger charge is -2.12. The largest absolute Gasteiger partial charge is 0.354 e. The molecule has 0 aliphatic rings. The van der Waals surface area contributed by atoms with Crippen LogP contribution in [0.1, 0.15) is 20.3 Å². The van der Waals surface area contributed by atoms with Gasteiger partial charge in [-0.15, -0.1) is 10.2 Å². The fourth-order valence-electron chi connectivity index (χ4n) is 2.70. The van der Waals surface area contributed by atoms with Crippen molar-refractivity contribution < 1.29 is 4.79 Å². The molecule has 3 rings (SSSR count). The first-order valence-corrected chi connectivity index (χ1v) is 9.43. The Morgan fingerprint density at radius 1 is 1.36 bits per heavy atom. The highest BCUT2D eigenvalue weighted by Gasteiger charge is 2.17. The van der Waals surface area contributed by atoms with Gasteiger partial charge < -0.3 is 5.32 Å². The summed E-state index contributed by atoms with van der Waals surface area (Å²) >= 11 is 7.50. The highest BCUT2D eigenvalue weighted by molar-refractivity contribution is 7.98. The molecule has 0 saturated heterocycles. The Morgan fingerprint density at radius 3 is 2.80 bits per heavy atom. The van der Waals surface area contributed by atoms with E-state index >= 15 is 0 Å². The molecule has 0 spiro atoms. The Kier molecular flexibility index (Phi) is 5.01. The van der Waals surface area contributed by atoms with Crippen molar-refractivity contribution in [2.75, 3.05) is 6.26 Å². The lowest BCUT2D eigenvalue weighted by molar-refractivity contribution is -0.121. The van der Waals surface area contributed by atoms with Gasteiger partial charge in [0.25, 0.3) is 5.56 Å². The molecule has 1 amide bonds. The van der Waals surface area contributed by atoms with Gasteiger partial charge in [0.2, 0.25) is 11.7 Å². The van der Waals surface area contributed by atoms with E-state index in [0.717, 1.165) is 0 Å². The summed E-state index contributed by atoms with van der Waals surface area (Å²) in [5, 5.41) is 12.7. The first-order valence-electron chi connectivity index (χ1n) is 7.83. The number of rotatable bonds is 5. The number of amides is 1. The molecule has 3 aromatic rings. The molecule has 1 N–H and O–H groups in total. The second kappa shape index (κ2) is 7.05. The van der Waals surface area contributed by atoms with Gasteiger partial charge in [0, 0.05) is 24.0 Å². The van der Waals surface area contributed by atoms with Gasteiger partial charge in [-0.1, -0.05) is 23.4 Å². The van der Waals surface area contributed by atoms with Crippen LogP contribution in [-0.2, 0) is 11.3 Å². The van der Waals surface area contributed by atoms with Crippen LogP contribution < -0.4 is 10.9 Å². The van der Waals surface area contributed by atoms with Crippen molar-refractivity contribution in [1.29, 1.82) is 0 Å². The van der Waals surface area contributed by atoms with E-state index in [0.29, 0.717) is 26.9 Å². The third kappa shape index (κ3) is 3.36. The average molecular weight is 380 g/mol. The number of aryl methyl sites for hydroxylation is 1. The molecule has 0 radical (unpaired) electrons. The third-order valence-corrected chi connectivity index (χ3v) is 4.59. The standard InChI is InChI=1S/C16H18ClN5O2S/c1-9(2)18-13(23)6-7-21-14(24)11-8-10(17)4-5-12(11)22-15(21)19-20-16(22)25-3/h4-5,8-9H,6-7H2,1-3H3,(H,18,23). The maximum atomic E-state index is 12.9. The highest BCUT2D eigenvalue weighted by Crippen LogP contribution is 2.22. The third-order valence-electron chi connectivity index (χ3n) is 3.73. The summed E-state index contributed by atoms with van der Waals surface area (Å²) in [4.78, 5) is 24.9. The summed E-state index contributed by atoms with van der Waals surface area (Å²) in [7, 11) is 0. The van der Waals surface area contributed by atoms with Crippen LogP contribution in [0, 0.1) is 0 Å². The number of benzene rings is 1. The fourth-order valence-corrected chi connectivity index (χ4v) is 3.36. The molecule has 0 aliphatic carbocycles.